The normalized spacial score (nSPS) is 14.5. The lowest BCUT2D eigenvalue weighted by atomic mass is 10.1. The van der Waals surface area contributed by atoms with Gasteiger partial charge in [-0.3, -0.25) is 9.48 Å². The lowest BCUT2D eigenvalue weighted by Crippen LogP contribution is -2.40. The highest BCUT2D eigenvalue weighted by atomic mass is 16.5. The maximum atomic E-state index is 12.5. The summed E-state index contributed by atoms with van der Waals surface area (Å²) in [6.45, 7) is 2.15. The van der Waals surface area contributed by atoms with Gasteiger partial charge in [0.05, 0.1) is 31.1 Å². The first kappa shape index (κ1) is 18.4. The van der Waals surface area contributed by atoms with Gasteiger partial charge in [-0.15, -0.1) is 0 Å². The Labute approximate surface area is 164 Å². The Bertz CT molecular complexity index is 925. The number of fused-ring (bicyclic) bond motifs is 1. The van der Waals surface area contributed by atoms with E-state index in [1.807, 2.05) is 71.4 Å². The summed E-state index contributed by atoms with van der Waals surface area (Å²) in [7, 11) is 0. The van der Waals surface area contributed by atoms with Crippen molar-refractivity contribution >= 4 is 5.91 Å². The van der Waals surface area contributed by atoms with Crippen LogP contribution >= 0.6 is 0 Å². The van der Waals surface area contributed by atoms with Gasteiger partial charge >= 0.3 is 0 Å². The Morgan fingerprint density at radius 1 is 1.07 bits per heavy atom. The second kappa shape index (κ2) is 8.37. The van der Waals surface area contributed by atoms with Gasteiger partial charge in [-0.1, -0.05) is 60.7 Å². The molecule has 0 saturated heterocycles. The van der Waals surface area contributed by atoms with Crippen LogP contribution in [-0.2, 0) is 29.2 Å². The van der Waals surface area contributed by atoms with E-state index in [9.17, 15) is 9.90 Å². The number of carbonyl (C=O) groups is 1. The van der Waals surface area contributed by atoms with Crippen LogP contribution in [0, 0.1) is 0 Å². The van der Waals surface area contributed by atoms with Gasteiger partial charge < -0.3 is 14.7 Å². The summed E-state index contributed by atoms with van der Waals surface area (Å²) in [5.41, 5.74) is 3.38. The van der Waals surface area contributed by atoms with Crippen LogP contribution in [0.4, 0.5) is 0 Å². The minimum absolute atomic E-state index is 0.0338. The van der Waals surface area contributed by atoms with Gasteiger partial charge in [-0.2, -0.15) is 5.10 Å². The molecule has 2 heterocycles. The van der Waals surface area contributed by atoms with Crippen molar-refractivity contribution in [3.8, 4) is 0 Å². The van der Waals surface area contributed by atoms with Gasteiger partial charge in [-0.25, -0.2) is 0 Å². The van der Waals surface area contributed by atoms with Crippen LogP contribution < -0.4 is 0 Å². The number of rotatable bonds is 6. The van der Waals surface area contributed by atoms with Gasteiger partial charge in [0.25, 0.3) is 0 Å². The highest BCUT2D eigenvalue weighted by molar-refractivity contribution is 5.77. The molecule has 0 fully saturated rings. The van der Waals surface area contributed by atoms with Crippen LogP contribution in [-0.4, -0.2) is 38.8 Å². The van der Waals surface area contributed by atoms with E-state index in [0.29, 0.717) is 31.9 Å². The molecule has 4 rings (SSSR count). The Morgan fingerprint density at radius 2 is 1.79 bits per heavy atom. The molecule has 0 saturated carbocycles. The van der Waals surface area contributed by atoms with E-state index in [1.54, 1.807) is 4.90 Å². The molecule has 0 bridgehead atoms. The molecule has 6 heteroatoms. The van der Waals surface area contributed by atoms with E-state index in [2.05, 4.69) is 5.10 Å². The number of aromatic nitrogens is 2. The van der Waals surface area contributed by atoms with Crippen LogP contribution in [0.15, 0.2) is 66.7 Å². The monoisotopic (exact) mass is 377 g/mol. The molecule has 0 aliphatic carbocycles. The zero-order chi connectivity index (χ0) is 19.3. The van der Waals surface area contributed by atoms with Crippen LogP contribution in [0.1, 0.15) is 28.6 Å². The van der Waals surface area contributed by atoms with Crippen molar-refractivity contribution in [2.24, 2.45) is 0 Å². The lowest BCUT2D eigenvalue weighted by Gasteiger charge is -2.27. The number of hydrogen-bond donors (Lipinski definition) is 1. The minimum atomic E-state index is -0.766. The molecule has 144 valence electrons. The highest BCUT2D eigenvalue weighted by Gasteiger charge is 2.24. The molecule has 1 atom stereocenters. The molecular formula is C22H23N3O3. The summed E-state index contributed by atoms with van der Waals surface area (Å²) < 4.78 is 7.44. The van der Waals surface area contributed by atoms with Crippen molar-refractivity contribution in [1.82, 2.24) is 14.7 Å². The Morgan fingerprint density at radius 3 is 2.54 bits per heavy atom. The Kier molecular flexibility index (Phi) is 5.50. The fraction of sp³-hybridized carbons (Fsp3) is 0.273. The molecule has 0 unspecified atom stereocenters. The van der Waals surface area contributed by atoms with Crippen LogP contribution in [0.3, 0.4) is 0 Å². The molecule has 3 aromatic rings. The van der Waals surface area contributed by atoms with Crippen molar-refractivity contribution < 1.29 is 14.6 Å². The summed E-state index contributed by atoms with van der Waals surface area (Å²) >= 11 is 0. The van der Waals surface area contributed by atoms with Crippen molar-refractivity contribution in [1.29, 1.82) is 0 Å². The molecule has 1 aliphatic rings. The second-order valence-electron chi connectivity index (χ2n) is 6.89. The number of nitrogens with zero attached hydrogens (tertiary/aromatic N) is 3. The van der Waals surface area contributed by atoms with E-state index in [-0.39, 0.29) is 12.5 Å². The first-order chi connectivity index (χ1) is 13.7. The van der Waals surface area contributed by atoms with Gasteiger partial charge in [0.1, 0.15) is 12.7 Å². The Hall–Kier alpha value is -2.96. The van der Waals surface area contributed by atoms with Gasteiger partial charge in [0.2, 0.25) is 5.91 Å². The minimum Gasteiger partial charge on any atom is -0.382 e. The predicted octanol–water partition coefficient (Wildman–Crippen LogP) is 2.52. The van der Waals surface area contributed by atoms with Crippen LogP contribution in [0.5, 0.6) is 0 Å². The zero-order valence-corrected chi connectivity index (χ0v) is 15.6. The maximum Gasteiger partial charge on any atom is 0.248 e. The summed E-state index contributed by atoms with van der Waals surface area (Å²) in [6.07, 6.45) is -0.766. The third kappa shape index (κ3) is 4.13. The smallest absolute Gasteiger partial charge is 0.248 e. The number of benzene rings is 2. The van der Waals surface area contributed by atoms with Crippen molar-refractivity contribution in [2.75, 3.05) is 13.2 Å². The van der Waals surface area contributed by atoms with Crippen molar-refractivity contribution in [3.05, 3.63) is 89.2 Å². The molecular weight excluding hydrogens is 354 g/mol. The predicted molar refractivity (Wildman–Crippen MR) is 104 cm³/mol. The van der Waals surface area contributed by atoms with Crippen LogP contribution in [0.2, 0.25) is 0 Å². The third-order valence-corrected chi connectivity index (χ3v) is 4.90. The number of carbonyl (C=O) groups excluding carboxylic acids is 1. The number of amides is 1. The zero-order valence-electron chi connectivity index (χ0n) is 15.6. The quantitative estimate of drug-likeness (QED) is 0.717. The number of aliphatic hydroxyl groups is 1. The molecule has 1 N–H and O–H groups in total. The third-order valence-electron chi connectivity index (χ3n) is 4.90. The second-order valence-corrected chi connectivity index (χ2v) is 6.89. The molecule has 2 aromatic carbocycles. The number of ether oxygens (including phenoxy) is 1. The number of aliphatic hydroxyl groups excluding tert-OH is 1. The molecule has 1 aromatic heterocycles. The van der Waals surface area contributed by atoms with E-state index >= 15 is 0 Å². The van der Waals surface area contributed by atoms with E-state index < -0.39 is 6.10 Å². The first-order valence-corrected chi connectivity index (χ1v) is 9.40. The average molecular weight is 377 g/mol. The first-order valence-electron chi connectivity index (χ1n) is 9.40. The van der Waals surface area contributed by atoms with E-state index in [4.69, 9.17) is 4.74 Å². The average Bonchev–Trinajstić information content (AvgIpc) is 3.18. The van der Waals surface area contributed by atoms with Gasteiger partial charge in [0.15, 0.2) is 0 Å². The largest absolute Gasteiger partial charge is 0.382 e. The van der Waals surface area contributed by atoms with Crippen LogP contribution in [0.25, 0.3) is 0 Å². The molecule has 0 spiro atoms. The van der Waals surface area contributed by atoms with Gasteiger partial charge in [0, 0.05) is 6.54 Å². The molecule has 1 aliphatic heterocycles. The fourth-order valence-corrected chi connectivity index (χ4v) is 3.36. The SMILES string of the molecule is O=C(COCc1ccccc1)N1CCn2nc([C@H](O)c3ccccc3)cc2C1. The van der Waals surface area contributed by atoms with Gasteiger partial charge in [-0.05, 0) is 17.2 Å². The molecule has 0 radical (unpaired) electrons. The maximum absolute atomic E-state index is 12.5. The Balaban J connectivity index is 1.35. The molecule has 28 heavy (non-hydrogen) atoms. The lowest BCUT2D eigenvalue weighted by molar-refractivity contribution is -0.138. The summed E-state index contributed by atoms with van der Waals surface area (Å²) in [5, 5.41) is 15.1. The van der Waals surface area contributed by atoms with Crippen molar-refractivity contribution in [2.45, 2.75) is 25.8 Å². The highest BCUT2D eigenvalue weighted by Crippen LogP contribution is 2.23. The van der Waals surface area contributed by atoms with Crippen molar-refractivity contribution in [3.63, 3.8) is 0 Å². The summed E-state index contributed by atoms with van der Waals surface area (Å²) in [6, 6.07) is 21.1. The molecule has 6 nitrogen and oxygen atoms in total. The summed E-state index contributed by atoms with van der Waals surface area (Å²) in [5.74, 6) is -0.0338. The van der Waals surface area contributed by atoms with E-state index in [0.717, 1.165) is 16.8 Å². The standard InChI is InChI=1S/C22H23N3O3/c26-21(16-28-15-17-7-3-1-4-8-17)24-11-12-25-19(14-24)13-20(23-25)22(27)18-9-5-2-6-10-18/h1-10,13,22,27H,11-12,14-16H2/t22-/m1/s1. The molecule has 1 amide bonds. The summed E-state index contributed by atoms with van der Waals surface area (Å²) in [4.78, 5) is 14.3. The number of hydrogen-bond acceptors (Lipinski definition) is 4. The van der Waals surface area contributed by atoms with E-state index in [1.165, 1.54) is 0 Å². The fourth-order valence-electron chi connectivity index (χ4n) is 3.36. The topological polar surface area (TPSA) is 67.6 Å².